The van der Waals surface area contributed by atoms with Crippen LogP contribution in [-0.2, 0) is 14.3 Å². The predicted molar refractivity (Wildman–Crippen MR) is 159 cm³/mol. The Kier molecular flexibility index (Phi) is 9.94. The molecule has 1 aliphatic carbocycles. The van der Waals surface area contributed by atoms with Gasteiger partial charge in [0.15, 0.2) is 0 Å². The molecule has 8 heteroatoms. The molecule has 0 aromatic heterocycles. The Morgan fingerprint density at radius 2 is 1.61 bits per heavy atom. The van der Waals surface area contributed by atoms with Crippen molar-refractivity contribution in [2.75, 3.05) is 13.6 Å². The summed E-state index contributed by atoms with van der Waals surface area (Å²) in [4.78, 5) is 43.5. The summed E-state index contributed by atoms with van der Waals surface area (Å²) in [7, 11) is 1.55. The van der Waals surface area contributed by atoms with Crippen molar-refractivity contribution in [3.8, 4) is 11.5 Å². The van der Waals surface area contributed by atoms with Gasteiger partial charge in [0.05, 0.1) is 6.04 Å². The van der Waals surface area contributed by atoms with E-state index in [2.05, 4.69) is 5.32 Å². The molecule has 1 N–H and O–H groups in total. The SMILES string of the molecule is C[C@@H](C(=O)N[C@H](C(=O)N1CCC[C@H]1c1cccc(Oc2ccccc2)c1)C1CCCCC1)N(C)C(=O)OC(C)(C)C. The van der Waals surface area contributed by atoms with Crippen LogP contribution in [0.3, 0.4) is 0 Å². The summed E-state index contributed by atoms with van der Waals surface area (Å²) in [5.41, 5.74) is 0.354. The van der Waals surface area contributed by atoms with Crippen LogP contribution in [0.2, 0.25) is 0 Å². The number of likely N-dealkylation sites (tertiary alicyclic amines) is 1. The van der Waals surface area contributed by atoms with Gasteiger partial charge >= 0.3 is 6.09 Å². The second kappa shape index (κ2) is 13.4. The number of amides is 3. The van der Waals surface area contributed by atoms with Crippen molar-refractivity contribution in [2.45, 2.75) is 96.4 Å². The molecule has 2 aliphatic rings. The Morgan fingerprint density at radius 1 is 0.927 bits per heavy atom. The van der Waals surface area contributed by atoms with E-state index < -0.39 is 23.8 Å². The minimum atomic E-state index is -0.787. The molecule has 1 heterocycles. The van der Waals surface area contributed by atoms with E-state index >= 15 is 0 Å². The summed E-state index contributed by atoms with van der Waals surface area (Å²) in [5, 5.41) is 3.07. The van der Waals surface area contributed by atoms with Gasteiger partial charge in [0.25, 0.3) is 0 Å². The molecule has 3 amide bonds. The summed E-state index contributed by atoms with van der Waals surface area (Å²) in [5.74, 6) is 1.15. The Morgan fingerprint density at radius 3 is 2.29 bits per heavy atom. The molecule has 41 heavy (non-hydrogen) atoms. The molecular formula is C33H45N3O5. The van der Waals surface area contributed by atoms with E-state index in [9.17, 15) is 14.4 Å². The summed E-state index contributed by atoms with van der Waals surface area (Å²) in [6.45, 7) is 7.67. The van der Waals surface area contributed by atoms with E-state index in [0.717, 1.165) is 62.0 Å². The molecule has 3 atom stereocenters. The summed E-state index contributed by atoms with van der Waals surface area (Å²) in [6, 6.07) is 16.1. The van der Waals surface area contributed by atoms with Crippen molar-refractivity contribution >= 4 is 17.9 Å². The lowest BCUT2D eigenvalue weighted by atomic mass is 9.83. The van der Waals surface area contributed by atoms with Gasteiger partial charge in [-0.2, -0.15) is 0 Å². The molecule has 2 aromatic rings. The van der Waals surface area contributed by atoms with Crippen LogP contribution in [0.15, 0.2) is 54.6 Å². The lowest BCUT2D eigenvalue weighted by molar-refractivity contribution is -0.140. The number of carbonyl (C=O) groups is 3. The first-order valence-electron chi connectivity index (χ1n) is 14.9. The molecule has 0 bridgehead atoms. The third-order valence-corrected chi connectivity index (χ3v) is 8.08. The molecule has 4 rings (SSSR count). The average Bonchev–Trinajstić information content (AvgIpc) is 3.45. The fraction of sp³-hybridized carbons (Fsp3) is 0.545. The van der Waals surface area contributed by atoms with E-state index in [1.807, 2.05) is 59.5 Å². The maximum Gasteiger partial charge on any atom is 0.410 e. The fourth-order valence-electron chi connectivity index (χ4n) is 5.76. The number of ether oxygens (including phenoxy) is 2. The number of benzene rings is 2. The van der Waals surface area contributed by atoms with Crippen molar-refractivity contribution < 1.29 is 23.9 Å². The third-order valence-electron chi connectivity index (χ3n) is 8.08. The molecule has 0 spiro atoms. The van der Waals surface area contributed by atoms with Gasteiger partial charge in [-0.25, -0.2) is 4.79 Å². The minimum absolute atomic E-state index is 0.0470. The van der Waals surface area contributed by atoms with Crippen LogP contribution in [0, 0.1) is 5.92 Å². The average molecular weight is 564 g/mol. The fourth-order valence-corrected chi connectivity index (χ4v) is 5.76. The number of carbonyl (C=O) groups excluding carboxylic acids is 3. The second-order valence-electron chi connectivity index (χ2n) is 12.3. The van der Waals surface area contributed by atoms with Crippen molar-refractivity contribution in [1.82, 2.24) is 15.1 Å². The number of likely N-dealkylation sites (N-methyl/N-ethyl adjacent to an activating group) is 1. The van der Waals surface area contributed by atoms with Crippen molar-refractivity contribution in [3.63, 3.8) is 0 Å². The largest absolute Gasteiger partial charge is 0.457 e. The van der Waals surface area contributed by atoms with Crippen LogP contribution in [0.25, 0.3) is 0 Å². The summed E-state index contributed by atoms with van der Waals surface area (Å²) >= 11 is 0. The molecular weight excluding hydrogens is 518 g/mol. The third kappa shape index (κ3) is 8.02. The van der Waals surface area contributed by atoms with Gasteiger partial charge in [0.1, 0.15) is 29.2 Å². The maximum atomic E-state index is 14.2. The number of rotatable bonds is 8. The van der Waals surface area contributed by atoms with E-state index in [1.54, 1.807) is 34.7 Å². The molecule has 1 saturated carbocycles. The normalized spacial score (nSPS) is 19.2. The molecule has 1 aliphatic heterocycles. The van der Waals surface area contributed by atoms with Gasteiger partial charge in [0, 0.05) is 13.6 Å². The molecule has 8 nitrogen and oxygen atoms in total. The first-order valence-corrected chi connectivity index (χ1v) is 14.9. The molecule has 2 fully saturated rings. The predicted octanol–water partition coefficient (Wildman–Crippen LogP) is 6.46. The van der Waals surface area contributed by atoms with Gasteiger partial charge < -0.3 is 19.7 Å². The highest BCUT2D eigenvalue weighted by Gasteiger charge is 2.40. The first kappa shape index (κ1) is 30.4. The minimum Gasteiger partial charge on any atom is -0.457 e. The van der Waals surface area contributed by atoms with E-state index in [4.69, 9.17) is 9.47 Å². The number of hydrogen-bond donors (Lipinski definition) is 1. The highest BCUT2D eigenvalue weighted by Crippen LogP contribution is 2.36. The van der Waals surface area contributed by atoms with Gasteiger partial charge in [0.2, 0.25) is 11.8 Å². The molecule has 1 saturated heterocycles. The summed E-state index contributed by atoms with van der Waals surface area (Å²) < 4.78 is 11.5. The Bertz CT molecular complexity index is 1190. The van der Waals surface area contributed by atoms with E-state index in [0.29, 0.717) is 6.54 Å². The van der Waals surface area contributed by atoms with Gasteiger partial charge in [-0.3, -0.25) is 14.5 Å². The van der Waals surface area contributed by atoms with Crippen LogP contribution in [0.1, 0.15) is 84.2 Å². The van der Waals surface area contributed by atoms with E-state index in [1.165, 1.54) is 4.90 Å². The zero-order valence-electron chi connectivity index (χ0n) is 25.1. The van der Waals surface area contributed by atoms with Crippen molar-refractivity contribution in [3.05, 3.63) is 60.2 Å². The van der Waals surface area contributed by atoms with Crippen molar-refractivity contribution in [2.24, 2.45) is 5.92 Å². The van der Waals surface area contributed by atoms with E-state index in [-0.39, 0.29) is 23.8 Å². The zero-order chi connectivity index (χ0) is 29.6. The van der Waals surface area contributed by atoms with Crippen LogP contribution >= 0.6 is 0 Å². The smallest absolute Gasteiger partial charge is 0.410 e. The van der Waals surface area contributed by atoms with Crippen LogP contribution < -0.4 is 10.1 Å². The van der Waals surface area contributed by atoms with Gasteiger partial charge in [-0.15, -0.1) is 0 Å². The highest BCUT2D eigenvalue weighted by atomic mass is 16.6. The molecule has 0 radical (unpaired) electrons. The Balaban J connectivity index is 1.51. The van der Waals surface area contributed by atoms with Gasteiger partial charge in [-0.1, -0.05) is 49.6 Å². The van der Waals surface area contributed by atoms with Crippen LogP contribution in [0.4, 0.5) is 4.79 Å². The second-order valence-corrected chi connectivity index (χ2v) is 12.3. The maximum absolute atomic E-state index is 14.2. The zero-order valence-corrected chi connectivity index (χ0v) is 25.1. The van der Waals surface area contributed by atoms with Gasteiger partial charge in [-0.05, 0) is 89.1 Å². The molecule has 2 aromatic carbocycles. The number of para-hydroxylation sites is 1. The van der Waals surface area contributed by atoms with Crippen molar-refractivity contribution in [1.29, 1.82) is 0 Å². The lowest BCUT2D eigenvalue weighted by Crippen LogP contribution is -2.56. The molecule has 0 unspecified atom stereocenters. The summed E-state index contributed by atoms with van der Waals surface area (Å²) in [6.07, 6.45) is 6.19. The highest BCUT2D eigenvalue weighted by molar-refractivity contribution is 5.91. The number of nitrogens with one attached hydrogen (secondary N) is 1. The first-order chi connectivity index (χ1) is 19.5. The van der Waals surface area contributed by atoms with Crippen LogP contribution in [0.5, 0.6) is 11.5 Å². The molecule has 222 valence electrons. The lowest BCUT2D eigenvalue weighted by Gasteiger charge is -2.36. The topological polar surface area (TPSA) is 88.2 Å². The van der Waals surface area contributed by atoms with Crippen LogP contribution in [-0.4, -0.2) is 59.0 Å². The Hall–Kier alpha value is -3.55. The number of hydrogen-bond acceptors (Lipinski definition) is 5. The monoisotopic (exact) mass is 563 g/mol. The standard InChI is InChI=1S/C33H45N3O5/c1-23(35(5)32(39)41-33(2,3)4)30(37)34-29(24-14-8-6-9-15-24)31(38)36-21-13-20-28(36)25-16-12-19-27(22-25)40-26-17-10-7-11-18-26/h7,10-12,16-19,22-24,28-29H,6,8-9,13-15,20-21H2,1-5H3,(H,34,37)/t23-,28-,29-/m0/s1. The Labute approximate surface area is 244 Å². The number of nitrogens with zero attached hydrogens (tertiary/aromatic N) is 2. The quantitative estimate of drug-likeness (QED) is 0.398.